The molecule has 100 valence electrons. The molecule has 0 aromatic heterocycles. The predicted molar refractivity (Wildman–Crippen MR) is 67.1 cm³/mol. The third kappa shape index (κ3) is 4.11. The van der Waals surface area contributed by atoms with Crippen molar-refractivity contribution in [3.63, 3.8) is 0 Å². The van der Waals surface area contributed by atoms with E-state index in [0.29, 0.717) is 6.42 Å². The van der Waals surface area contributed by atoms with Crippen LogP contribution in [-0.2, 0) is 0 Å². The minimum absolute atomic E-state index is 0.102. The van der Waals surface area contributed by atoms with Crippen LogP contribution in [0.2, 0.25) is 0 Å². The second-order valence-electron chi connectivity index (χ2n) is 4.41. The van der Waals surface area contributed by atoms with E-state index < -0.39 is 17.9 Å². The Hall–Kier alpha value is -1.42. The van der Waals surface area contributed by atoms with Crippen molar-refractivity contribution in [2.75, 3.05) is 0 Å². The van der Waals surface area contributed by atoms with E-state index in [1.807, 2.05) is 0 Å². The van der Waals surface area contributed by atoms with Gasteiger partial charge in [0, 0.05) is 5.56 Å². The number of benzene rings is 1. The van der Waals surface area contributed by atoms with Crippen molar-refractivity contribution in [3.8, 4) is 0 Å². The molecule has 1 rings (SSSR count). The summed E-state index contributed by atoms with van der Waals surface area (Å²) < 4.78 is 13.6. The molecule has 1 aromatic carbocycles. The molecule has 0 bridgehead atoms. The Morgan fingerprint density at radius 2 is 2.06 bits per heavy atom. The molecular formula is C14H19FO3. The Morgan fingerprint density at radius 1 is 1.33 bits per heavy atom. The number of rotatable bonds is 7. The number of carboxylic acids is 1. The van der Waals surface area contributed by atoms with Crippen LogP contribution in [0.1, 0.15) is 61.1 Å². The Kier molecular flexibility index (Phi) is 5.78. The molecule has 0 spiro atoms. The fourth-order valence-corrected chi connectivity index (χ4v) is 1.85. The van der Waals surface area contributed by atoms with Gasteiger partial charge in [-0.05, 0) is 18.6 Å². The van der Waals surface area contributed by atoms with Crippen molar-refractivity contribution in [2.24, 2.45) is 0 Å². The summed E-state index contributed by atoms with van der Waals surface area (Å²) in [5.41, 5.74) is 0.0749. The number of aromatic carboxylic acids is 1. The summed E-state index contributed by atoms with van der Waals surface area (Å²) in [7, 11) is 0. The van der Waals surface area contributed by atoms with E-state index in [2.05, 4.69) is 6.92 Å². The molecule has 1 aromatic rings. The average molecular weight is 254 g/mol. The minimum Gasteiger partial charge on any atom is -0.478 e. The van der Waals surface area contributed by atoms with E-state index in [1.165, 1.54) is 12.1 Å². The second-order valence-corrected chi connectivity index (χ2v) is 4.41. The van der Waals surface area contributed by atoms with Crippen LogP contribution in [0.5, 0.6) is 0 Å². The van der Waals surface area contributed by atoms with E-state index >= 15 is 0 Å². The summed E-state index contributed by atoms with van der Waals surface area (Å²) >= 11 is 0. The van der Waals surface area contributed by atoms with Crippen LogP contribution in [0.4, 0.5) is 4.39 Å². The quantitative estimate of drug-likeness (QED) is 0.732. The highest BCUT2D eigenvalue weighted by atomic mass is 19.1. The lowest BCUT2D eigenvalue weighted by atomic mass is 10.0. The number of carbonyl (C=O) groups is 1. The topological polar surface area (TPSA) is 57.5 Å². The molecule has 0 aliphatic carbocycles. The SMILES string of the molecule is CCCCCCC(O)c1ccc(C(=O)O)cc1F. The maximum atomic E-state index is 13.6. The van der Waals surface area contributed by atoms with Gasteiger partial charge in [-0.2, -0.15) is 0 Å². The van der Waals surface area contributed by atoms with Crippen LogP contribution in [0.15, 0.2) is 18.2 Å². The molecule has 0 heterocycles. The molecule has 1 unspecified atom stereocenters. The minimum atomic E-state index is -1.17. The molecule has 0 aliphatic heterocycles. The summed E-state index contributed by atoms with van der Waals surface area (Å²) in [6.07, 6.45) is 3.72. The molecule has 0 aliphatic rings. The molecule has 2 N–H and O–H groups in total. The normalized spacial score (nSPS) is 12.4. The molecule has 3 nitrogen and oxygen atoms in total. The number of unbranched alkanes of at least 4 members (excludes halogenated alkanes) is 3. The number of aliphatic hydroxyl groups is 1. The van der Waals surface area contributed by atoms with Crippen LogP contribution in [0, 0.1) is 5.82 Å². The average Bonchev–Trinajstić information content (AvgIpc) is 2.34. The molecule has 1 atom stereocenters. The van der Waals surface area contributed by atoms with Crippen molar-refractivity contribution in [2.45, 2.75) is 45.1 Å². The fourth-order valence-electron chi connectivity index (χ4n) is 1.85. The van der Waals surface area contributed by atoms with E-state index in [9.17, 15) is 14.3 Å². The summed E-state index contributed by atoms with van der Waals surface area (Å²) in [5.74, 6) is -1.82. The van der Waals surface area contributed by atoms with Gasteiger partial charge < -0.3 is 10.2 Å². The molecule has 0 saturated heterocycles. The lowest BCUT2D eigenvalue weighted by Crippen LogP contribution is -2.04. The van der Waals surface area contributed by atoms with Crippen molar-refractivity contribution in [3.05, 3.63) is 35.1 Å². The first-order valence-electron chi connectivity index (χ1n) is 6.27. The van der Waals surface area contributed by atoms with E-state index in [1.54, 1.807) is 0 Å². The largest absolute Gasteiger partial charge is 0.478 e. The zero-order chi connectivity index (χ0) is 13.5. The van der Waals surface area contributed by atoms with Gasteiger partial charge in [0.2, 0.25) is 0 Å². The number of hydrogen-bond donors (Lipinski definition) is 2. The van der Waals surface area contributed by atoms with Crippen molar-refractivity contribution in [1.29, 1.82) is 0 Å². The number of carboxylic acid groups (broad SMARTS) is 1. The first-order valence-corrected chi connectivity index (χ1v) is 6.27. The van der Waals surface area contributed by atoms with Gasteiger partial charge in [0.05, 0.1) is 11.7 Å². The Morgan fingerprint density at radius 3 is 2.61 bits per heavy atom. The zero-order valence-electron chi connectivity index (χ0n) is 10.5. The van der Waals surface area contributed by atoms with Crippen molar-refractivity contribution < 1.29 is 19.4 Å². The summed E-state index contributed by atoms with van der Waals surface area (Å²) in [4.78, 5) is 10.6. The Labute approximate surface area is 106 Å². The smallest absolute Gasteiger partial charge is 0.335 e. The van der Waals surface area contributed by atoms with Crippen LogP contribution in [-0.4, -0.2) is 16.2 Å². The van der Waals surface area contributed by atoms with Gasteiger partial charge in [-0.25, -0.2) is 9.18 Å². The van der Waals surface area contributed by atoms with Crippen molar-refractivity contribution in [1.82, 2.24) is 0 Å². The molecular weight excluding hydrogens is 235 g/mol. The summed E-state index contributed by atoms with van der Waals surface area (Å²) in [6.45, 7) is 2.10. The molecule has 18 heavy (non-hydrogen) atoms. The molecule has 0 radical (unpaired) electrons. The highest BCUT2D eigenvalue weighted by Crippen LogP contribution is 2.23. The lowest BCUT2D eigenvalue weighted by Gasteiger charge is -2.12. The molecule has 0 amide bonds. The molecule has 4 heteroatoms. The van der Waals surface area contributed by atoms with Crippen LogP contribution in [0.25, 0.3) is 0 Å². The van der Waals surface area contributed by atoms with Gasteiger partial charge in [-0.1, -0.05) is 38.7 Å². The third-order valence-electron chi connectivity index (χ3n) is 2.94. The number of hydrogen-bond acceptors (Lipinski definition) is 2. The van der Waals surface area contributed by atoms with Gasteiger partial charge in [-0.3, -0.25) is 0 Å². The monoisotopic (exact) mass is 254 g/mol. The first kappa shape index (κ1) is 14.6. The van der Waals surface area contributed by atoms with Crippen LogP contribution in [0.3, 0.4) is 0 Å². The number of halogens is 1. The Bertz CT molecular complexity index is 404. The van der Waals surface area contributed by atoms with Gasteiger partial charge >= 0.3 is 5.97 Å². The highest BCUT2D eigenvalue weighted by molar-refractivity contribution is 5.87. The van der Waals surface area contributed by atoms with Crippen LogP contribution < -0.4 is 0 Å². The number of aliphatic hydroxyl groups excluding tert-OH is 1. The van der Waals surface area contributed by atoms with Gasteiger partial charge in [0.25, 0.3) is 0 Å². The van der Waals surface area contributed by atoms with Gasteiger partial charge in [0.15, 0.2) is 0 Å². The zero-order valence-corrected chi connectivity index (χ0v) is 10.5. The van der Waals surface area contributed by atoms with Crippen molar-refractivity contribution >= 4 is 5.97 Å². The lowest BCUT2D eigenvalue weighted by molar-refractivity contribution is 0.0696. The van der Waals surface area contributed by atoms with E-state index in [-0.39, 0.29) is 11.1 Å². The second kappa shape index (κ2) is 7.11. The van der Waals surface area contributed by atoms with E-state index in [4.69, 9.17) is 5.11 Å². The van der Waals surface area contributed by atoms with Gasteiger partial charge in [0.1, 0.15) is 5.82 Å². The summed E-state index contributed by atoms with van der Waals surface area (Å²) in [5, 5.41) is 18.6. The standard InChI is InChI=1S/C14H19FO3/c1-2-3-4-5-6-13(16)11-8-7-10(14(17)18)9-12(11)15/h7-9,13,16H,2-6H2,1H3,(H,17,18). The highest BCUT2D eigenvalue weighted by Gasteiger charge is 2.14. The van der Waals surface area contributed by atoms with Crippen LogP contribution >= 0.6 is 0 Å². The Balaban J connectivity index is 2.62. The van der Waals surface area contributed by atoms with E-state index in [0.717, 1.165) is 31.7 Å². The maximum absolute atomic E-state index is 13.6. The third-order valence-corrected chi connectivity index (χ3v) is 2.94. The summed E-state index contributed by atoms with van der Waals surface area (Å²) in [6, 6.07) is 3.62. The molecule has 0 saturated carbocycles. The van der Waals surface area contributed by atoms with Gasteiger partial charge in [-0.15, -0.1) is 0 Å². The fraction of sp³-hybridized carbons (Fsp3) is 0.500. The molecule has 0 fully saturated rings. The predicted octanol–water partition coefficient (Wildman–Crippen LogP) is 3.53. The first-order chi connectivity index (χ1) is 8.56. The maximum Gasteiger partial charge on any atom is 0.335 e.